The fraction of sp³-hybridized carbons (Fsp3) is 0.188. The highest BCUT2D eigenvalue weighted by Gasteiger charge is 2.06. The molecule has 2 aromatic rings. The van der Waals surface area contributed by atoms with E-state index in [9.17, 15) is 13.2 Å². The van der Waals surface area contributed by atoms with Crippen LogP contribution < -0.4 is 4.74 Å². The lowest BCUT2D eigenvalue weighted by molar-refractivity contribution is 0.112. The molecule has 0 aliphatic carbocycles. The molecule has 5 heteroatoms. The fourth-order valence-corrected chi connectivity index (χ4v) is 2.46. The van der Waals surface area contributed by atoms with Crippen molar-refractivity contribution in [3.63, 3.8) is 0 Å². The zero-order valence-corrected chi connectivity index (χ0v) is 12.5. The summed E-state index contributed by atoms with van der Waals surface area (Å²) in [4.78, 5) is 10.8. The zero-order valence-electron chi connectivity index (χ0n) is 11.7. The van der Waals surface area contributed by atoms with Crippen molar-refractivity contribution in [3.8, 4) is 5.75 Å². The van der Waals surface area contributed by atoms with E-state index in [0.29, 0.717) is 29.2 Å². The molecule has 0 saturated carbocycles. The Kier molecular flexibility index (Phi) is 4.75. The lowest BCUT2D eigenvalue weighted by Gasteiger charge is -2.07. The molecule has 0 amide bonds. The van der Waals surface area contributed by atoms with Crippen LogP contribution in [0.1, 0.15) is 15.9 Å². The van der Waals surface area contributed by atoms with Crippen LogP contribution in [0.15, 0.2) is 53.4 Å². The number of benzene rings is 2. The van der Waals surface area contributed by atoms with Gasteiger partial charge in [0.25, 0.3) is 0 Å². The van der Waals surface area contributed by atoms with E-state index in [1.165, 1.54) is 6.26 Å². The molecule has 0 saturated heterocycles. The van der Waals surface area contributed by atoms with Crippen molar-refractivity contribution in [3.05, 3.63) is 59.7 Å². The molecule has 0 heterocycles. The molecule has 0 aromatic heterocycles. The molecule has 4 nitrogen and oxygen atoms in total. The Morgan fingerprint density at radius 3 is 2.14 bits per heavy atom. The Hall–Kier alpha value is -2.14. The molecule has 0 bridgehead atoms. The van der Waals surface area contributed by atoms with Gasteiger partial charge >= 0.3 is 0 Å². The van der Waals surface area contributed by atoms with Crippen molar-refractivity contribution in [2.45, 2.75) is 11.3 Å². The number of carbonyl (C=O) groups is 1. The highest BCUT2D eigenvalue weighted by Crippen LogP contribution is 2.13. The topological polar surface area (TPSA) is 60.4 Å². The Labute approximate surface area is 124 Å². The smallest absolute Gasteiger partial charge is 0.175 e. The standard InChI is InChI=1S/C16H16O4S/c1-21(18,19)16-8-4-13(5-9-16)10-11-20-15-6-2-14(12-17)3-7-15/h2-9,12H,10-11H2,1H3. The van der Waals surface area contributed by atoms with Crippen LogP contribution in [-0.4, -0.2) is 27.6 Å². The van der Waals surface area contributed by atoms with Crippen LogP contribution in [-0.2, 0) is 16.3 Å². The summed E-state index contributed by atoms with van der Waals surface area (Å²) in [6.07, 6.45) is 2.65. The summed E-state index contributed by atoms with van der Waals surface area (Å²) in [5.41, 5.74) is 1.62. The van der Waals surface area contributed by atoms with Gasteiger partial charge in [0.05, 0.1) is 11.5 Å². The molecule has 0 spiro atoms. The van der Waals surface area contributed by atoms with Gasteiger partial charge < -0.3 is 4.74 Å². The van der Waals surface area contributed by atoms with E-state index in [0.717, 1.165) is 11.8 Å². The summed E-state index contributed by atoms with van der Waals surface area (Å²) in [6.45, 7) is 0.485. The first-order valence-electron chi connectivity index (χ1n) is 6.46. The van der Waals surface area contributed by atoms with Crippen LogP contribution in [0.3, 0.4) is 0 Å². The second-order valence-electron chi connectivity index (χ2n) is 4.70. The number of rotatable bonds is 6. The minimum Gasteiger partial charge on any atom is -0.493 e. The Morgan fingerprint density at radius 1 is 1.00 bits per heavy atom. The Balaban J connectivity index is 1.89. The van der Waals surface area contributed by atoms with Crippen molar-refractivity contribution in [2.24, 2.45) is 0 Å². The van der Waals surface area contributed by atoms with Gasteiger partial charge in [0, 0.05) is 18.2 Å². The van der Waals surface area contributed by atoms with E-state index in [4.69, 9.17) is 4.74 Å². The summed E-state index contributed by atoms with van der Waals surface area (Å²) in [7, 11) is -3.15. The number of hydrogen-bond acceptors (Lipinski definition) is 4. The first-order chi connectivity index (χ1) is 9.99. The summed E-state index contributed by atoms with van der Waals surface area (Å²) < 4.78 is 28.3. The van der Waals surface area contributed by atoms with Crippen LogP contribution in [0, 0.1) is 0 Å². The van der Waals surface area contributed by atoms with Crippen molar-refractivity contribution in [1.29, 1.82) is 0 Å². The van der Waals surface area contributed by atoms with Gasteiger partial charge in [-0.2, -0.15) is 0 Å². The van der Waals surface area contributed by atoms with Crippen molar-refractivity contribution in [2.75, 3.05) is 12.9 Å². The highest BCUT2D eigenvalue weighted by molar-refractivity contribution is 7.90. The van der Waals surface area contributed by atoms with Crippen LogP contribution >= 0.6 is 0 Å². The monoisotopic (exact) mass is 304 g/mol. The molecule has 0 radical (unpaired) electrons. The quantitative estimate of drug-likeness (QED) is 0.769. The fourth-order valence-electron chi connectivity index (χ4n) is 1.83. The molecule has 0 atom stereocenters. The molecule has 2 aromatic carbocycles. The normalized spacial score (nSPS) is 11.1. The molecule has 0 N–H and O–H groups in total. The van der Waals surface area contributed by atoms with Gasteiger partial charge in [-0.05, 0) is 42.0 Å². The van der Waals surface area contributed by atoms with Crippen LogP contribution in [0.4, 0.5) is 0 Å². The maximum atomic E-state index is 11.3. The number of ether oxygens (including phenoxy) is 1. The van der Waals surface area contributed by atoms with Crippen LogP contribution in [0.5, 0.6) is 5.75 Å². The lowest BCUT2D eigenvalue weighted by atomic mass is 10.2. The number of carbonyl (C=O) groups excluding carboxylic acids is 1. The molecule has 0 aliphatic heterocycles. The first-order valence-corrected chi connectivity index (χ1v) is 8.35. The maximum Gasteiger partial charge on any atom is 0.175 e. The molecule has 0 fully saturated rings. The highest BCUT2D eigenvalue weighted by atomic mass is 32.2. The van der Waals surface area contributed by atoms with Gasteiger partial charge in [0.2, 0.25) is 0 Å². The maximum absolute atomic E-state index is 11.3. The second-order valence-corrected chi connectivity index (χ2v) is 6.72. The summed E-state index contributed by atoms with van der Waals surface area (Å²) in [6, 6.07) is 13.7. The minimum absolute atomic E-state index is 0.316. The number of aldehydes is 1. The van der Waals surface area contributed by atoms with Crippen molar-refractivity contribution >= 4 is 16.1 Å². The van der Waals surface area contributed by atoms with E-state index >= 15 is 0 Å². The first kappa shape index (κ1) is 15.3. The lowest BCUT2D eigenvalue weighted by Crippen LogP contribution is -2.02. The van der Waals surface area contributed by atoms with Gasteiger partial charge in [-0.1, -0.05) is 12.1 Å². The Bertz CT molecular complexity index is 701. The van der Waals surface area contributed by atoms with Crippen LogP contribution in [0.2, 0.25) is 0 Å². The van der Waals surface area contributed by atoms with E-state index in [1.807, 2.05) is 0 Å². The van der Waals surface area contributed by atoms with Gasteiger partial charge in [-0.25, -0.2) is 8.42 Å². The van der Waals surface area contributed by atoms with Gasteiger partial charge in [-0.3, -0.25) is 4.79 Å². The molecule has 2 rings (SSSR count). The third-order valence-electron chi connectivity index (χ3n) is 3.03. The molecule has 21 heavy (non-hydrogen) atoms. The van der Waals surface area contributed by atoms with Crippen molar-refractivity contribution < 1.29 is 17.9 Å². The molecule has 110 valence electrons. The van der Waals surface area contributed by atoms with E-state index in [-0.39, 0.29) is 0 Å². The summed E-state index contributed by atoms with van der Waals surface area (Å²) in [5.74, 6) is 0.702. The van der Waals surface area contributed by atoms with Gasteiger partial charge in [0.15, 0.2) is 9.84 Å². The Morgan fingerprint density at radius 2 is 1.62 bits per heavy atom. The van der Waals surface area contributed by atoms with Crippen LogP contribution in [0.25, 0.3) is 0 Å². The van der Waals surface area contributed by atoms with Gasteiger partial charge in [-0.15, -0.1) is 0 Å². The van der Waals surface area contributed by atoms with E-state index in [2.05, 4.69) is 0 Å². The zero-order chi connectivity index (χ0) is 15.3. The summed E-state index contributed by atoms with van der Waals surface area (Å²) >= 11 is 0. The second kappa shape index (κ2) is 6.54. The number of sulfone groups is 1. The van der Waals surface area contributed by atoms with E-state index in [1.54, 1.807) is 48.5 Å². The van der Waals surface area contributed by atoms with Gasteiger partial charge in [0.1, 0.15) is 12.0 Å². The van der Waals surface area contributed by atoms with Crippen molar-refractivity contribution in [1.82, 2.24) is 0 Å². The SMILES string of the molecule is CS(=O)(=O)c1ccc(CCOc2ccc(C=O)cc2)cc1. The average molecular weight is 304 g/mol. The third-order valence-corrected chi connectivity index (χ3v) is 4.16. The average Bonchev–Trinajstić information content (AvgIpc) is 2.47. The molecular weight excluding hydrogens is 288 g/mol. The predicted octanol–water partition coefficient (Wildman–Crippen LogP) is 2.52. The largest absolute Gasteiger partial charge is 0.493 e. The molecular formula is C16H16O4S. The summed E-state index contributed by atoms with van der Waals surface area (Å²) in [5, 5.41) is 0. The molecule has 0 aliphatic rings. The molecule has 0 unspecified atom stereocenters. The third kappa shape index (κ3) is 4.43. The minimum atomic E-state index is -3.15. The van der Waals surface area contributed by atoms with E-state index < -0.39 is 9.84 Å². The predicted molar refractivity (Wildman–Crippen MR) is 80.6 cm³/mol. The number of hydrogen-bond donors (Lipinski definition) is 0.